The van der Waals surface area contributed by atoms with Gasteiger partial charge in [0.2, 0.25) is 5.88 Å². The molecule has 13 heavy (non-hydrogen) atoms. The standard InChI is InChI=1S/C9H9ClN2O/c1-5-3-6-7(10)4-8(13-2)12-9(6)11-5/h3-4H,1-2H3,(H,11,12). The third-order valence-corrected chi connectivity index (χ3v) is 2.18. The number of aromatic nitrogens is 2. The van der Waals surface area contributed by atoms with E-state index in [4.69, 9.17) is 16.3 Å². The molecule has 1 N–H and O–H groups in total. The molecule has 2 rings (SSSR count). The van der Waals surface area contributed by atoms with Gasteiger partial charge in [0.05, 0.1) is 12.1 Å². The summed E-state index contributed by atoms with van der Waals surface area (Å²) >= 11 is 6.01. The van der Waals surface area contributed by atoms with Crippen LogP contribution in [0.5, 0.6) is 5.88 Å². The van der Waals surface area contributed by atoms with E-state index in [9.17, 15) is 0 Å². The van der Waals surface area contributed by atoms with Crippen molar-refractivity contribution in [2.45, 2.75) is 6.92 Å². The van der Waals surface area contributed by atoms with E-state index in [1.807, 2.05) is 13.0 Å². The van der Waals surface area contributed by atoms with Crippen LogP contribution in [0.2, 0.25) is 5.02 Å². The van der Waals surface area contributed by atoms with Gasteiger partial charge in [-0.25, -0.2) is 0 Å². The lowest BCUT2D eigenvalue weighted by Crippen LogP contribution is -1.87. The molecule has 2 aromatic rings. The van der Waals surface area contributed by atoms with E-state index in [2.05, 4.69) is 9.97 Å². The van der Waals surface area contributed by atoms with E-state index in [0.717, 1.165) is 16.7 Å². The Morgan fingerprint density at radius 3 is 2.92 bits per heavy atom. The Hall–Kier alpha value is -1.22. The van der Waals surface area contributed by atoms with Gasteiger partial charge in [0.25, 0.3) is 0 Å². The predicted octanol–water partition coefficient (Wildman–Crippen LogP) is 2.53. The van der Waals surface area contributed by atoms with Crippen LogP contribution < -0.4 is 4.74 Å². The fourth-order valence-corrected chi connectivity index (χ4v) is 1.52. The molecule has 0 atom stereocenters. The first kappa shape index (κ1) is 8.38. The molecular weight excluding hydrogens is 188 g/mol. The van der Waals surface area contributed by atoms with E-state index in [1.165, 1.54) is 0 Å². The number of fused-ring (bicyclic) bond motifs is 1. The molecule has 0 unspecified atom stereocenters. The highest BCUT2D eigenvalue weighted by Gasteiger charge is 2.06. The van der Waals surface area contributed by atoms with Crippen molar-refractivity contribution in [3.63, 3.8) is 0 Å². The minimum Gasteiger partial charge on any atom is -0.481 e. The fraction of sp³-hybridized carbons (Fsp3) is 0.222. The maximum Gasteiger partial charge on any atom is 0.216 e. The number of ether oxygens (including phenoxy) is 1. The molecule has 0 saturated carbocycles. The Morgan fingerprint density at radius 1 is 1.46 bits per heavy atom. The number of nitrogens with zero attached hydrogens (tertiary/aromatic N) is 1. The van der Waals surface area contributed by atoms with Crippen molar-refractivity contribution in [2.75, 3.05) is 7.11 Å². The van der Waals surface area contributed by atoms with Crippen molar-refractivity contribution in [3.05, 3.63) is 22.8 Å². The molecule has 0 aromatic carbocycles. The Bertz CT molecular complexity index is 450. The first-order chi connectivity index (χ1) is 6.20. The van der Waals surface area contributed by atoms with E-state index in [0.29, 0.717) is 10.9 Å². The summed E-state index contributed by atoms with van der Waals surface area (Å²) in [6, 6.07) is 3.67. The molecule has 0 aliphatic rings. The molecule has 3 nitrogen and oxygen atoms in total. The van der Waals surface area contributed by atoms with Crippen molar-refractivity contribution < 1.29 is 4.74 Å². The number of pyridine rings is 1. The molecule has 0 spiro atoms. The van der Waals surface area contributed by atoms with Crippen molar-refractivity contribution in [1.82, 2.24) is 9.97 Å². The third kappa shape index (κ3) is 1.35. The van der Waals surface area contributed by atoms with Gasteiger partial charge in [0.15, 0.2) is 0 Å². The van der Waals surface area contributed by atoms with Gasteiger partial charge in [0, 0.05) is 17.1 Å². The first-order valence-corrected chi connectivity index (χ1v) is 4.28. The second-order valence-corrected chi connectivity index (χ2v) is 3.27. The molecule has 0 saturated heterocycles. The molecule has 0 aliphatic heterocycles. The van der Waals surface area contributed by atoms with Crippen LogP contribution in [0.25, 0.3) is 11.0 Å². The van der Waals surface area contributed by atoms with E-state index in [1.54, 1.807) is 13.2 Å². The van der Waals surface area contributed by atoms with Crippen molar-refractivity contribution >= 4 is 22.6 Å². The highest BCUT2D eigenvalue weighted by molar-refractivity contribution is 6.35. The zero-order valence-corrected chi connectivity index (χ0v) is 8.14. The SMILES string of the molecule is COc1cc(Cl)c2cc(C)[nH]c2n1. The van der Waals surface area contributed by atoms with Crippen LogP contribution in [0, 0.1) is 6.92 Å². The number of rotatable bonds is 1. The lowest BCUT2D eigenvalue weighted by molar-refractivity contribution is 0.399. The van der Waals surface area contributed by atoms with Gasteiger partial charge >= 0.3 is 0 Å². The molecule has 0 fully saturated rings. The molecule has 0 bridgehead atoms. The lowest BCUT2D eigenvalue weighted by atomic mass is 10.3. The van der Waals surface area contributed by atoms with Crippen LogP contribution >= 0.6 is 11.6 Å². The topological polar surface area (TPSA) is 37.9 Å². The van der Waals surface area contributed by atoms with Crippen LogP contribution in [-0.4, -0.2) is 17.1 Å². The molecule has 0 radical (unpaired) electrons. The fourth-order valence-electron chi connectivity index (χ4n) is 1.28. The molecular formula is C9H9ClN2O. The zero-order valence-electron chi connectivity index (χ0n) is 7.39. The van der Waals surface area contributed by atoms with Crippen molar-refractivity contribution in [3.8, 4) is 5.88 Å². The van der Waals surface area contributed by atoms with E-state index < -0.39 is 0 Å². The number of hydrogen-bond acceptors (Lipinski definition) is 2. The largest absolute Gasteiger partial charge is 0.481 e. The smallest absolute Gasteiger partial charge is 0.216 e. The van der Waals surface area contributed by atoms with Gasteiger partial charge in [-0.3, -0.25) is 0 Å². The minimum absolute atomic E-state index is 0.527. The predicted molar refractivity (Wildman–Crippen MR) is 52.4 cm³/mol. The summed E-state index contributed by atoms with van der Waals surface area (Å²) in [5.74, 6) is 0.527. The average molecular weight is 197 g/mol. The number of nitrogens with one attached hydrogen (secondary N) is 1. The van der Waals surface area contributed by atoms with E-state index in [-0.39, 0.29) is 0 Å². The first-order valence-electron chi connectivity index (χ1n) is 3.90. The van der Waals surface area contributed by atoms with Gasteiger partial charge in [-0.1, -0.05) is 11.6 Å². The maximum absolute atomic E-state index is 6.01. The van der Waals surface area contributed by atoms with Crippen LogP contribution in [0.15, 0.2) is 12.1 Å². The number of aryl methyl sites for hydroxylation is 1. The Balaban J connectivity index is 2.75. The summed E-state index contributed by atoms with van der Waals surface area (Å²) in [5, 5.41) is 1.59. The molecule has 2 heterocycles. The Kier molecular flexibility index (Phi) is 1.88. The molecule has 2 aromatic heterocycles. The van der Waals surface area contributed by atoms with E-state index >= 15 is 0 Å². The monoisotopic (exact) mass is 196 g/mol. The summed E-state index contributed by atoms with van der Waals surface area (Å²) in [5.41, 5.74) is 1.81. The number of aromatic amines is 1. The number of halogens is 1. The molecule has 68 valence electrons. The highest BCUT2D eigenvalue weighted by atomic mass is 35.5. The highest BCUT2D eigenvalue weighted by Crippen LogP contribution is 2.26. The Morgan fingerprint density at radius 2 is 2.23 bits per heavy atom. The summed E-state index contributed by atoms with van der Waals surface area (Å²) in [6.45, 7) is 1.96. The maximum atomic E-state index is 6.01. The van der Waals surface area contributed by atoms with Crippen LogP contribution in [0.3, 0.4) is 0 Å². The number of methoxy groups -OCH3 is 1. The van der Waals surface area contributed by atoms with Gasteiger partial charge in [-0.2, -0.15) is 4.98 Å². The van der Waals surface area contributed by atoms with Gasteiger partial charge in [0.1, 0.15) is 5.65 Å². The zero-order chi connectivity index (χ0) is 9.42. The second-order valence-electron chi connectivity index (χ2n) is 2.86. The average Bonchev–Trinajstić information content (AvgIpc) is 2.46. The van der Waals surface area contributed by atoms with Crippen molar-refractivity contribution in [1.29, 1.82) is 0 Å². The molecule has 0 amide bonds. The van der Waals surface area contributed by atoms with Crippen LogP contribution in [0.1, 0.15) is 5.69 Å². The number of hydrogen-bond donors (Lipinski definition) is 1. The lowest BCUT2D eigenvalue weighted by Gasteiger charge is -1.99. The molecule has 4 heteroatoms. The summed E-state index contributed by atoms with van der Waals surface area (Å²) in [6.07, 6.45) is 0. The van der Waals surface area contributed by atoms with Gasteiger partial charge in [-0.05, 0) is 13.0 Å². The normalized spacial score (nSPS) is 10.7. The van der Waals surface area contributed by atoms with Gasteiger partial charge in [-0.15, -0.1) is 0 Å². The number of H-pyrrole nitrogens is 1. The second kappa shape index (κ2) is 2.92. The minimum atomic E-state index is 0.527. The Labute approximate surface area is 80.7 Å². The summed E-state index contributed by atoms with van der Waals surface area (Å²) < 4.78 is 5.00. The molecule has 0 aliphatic carbocycles. The van der Waals surface area contributed by atoms with Crippen molar-refractivity contribution in [2.24, 2.45) is 0 Å². The van der Waals surface area contributed by atoms with Gasteiger partial charge < -0.3 is 9.72 Å². The van der Waals surface area contributed by atoms with Crippen LogP contribution in [-0.2, 0) is 0 Å². The quantitative estimate of drug-likeness (QED) is 0.761. The summed E-state index contributed by atoms with van der Waals surface area (Å²) in [4.78, 5) is 7.31. The third-order valence-electron chi connectivity index (χ3n) is 1.87. The van der Waals surface area contributed by atoms with Crippen LogP contribution in [0.4, 0.5) is 0 Å². The summed E-state index contributed by atoms with van der Waals surface area (Å²) in [7, 11) is 1.57.